The molecule has 0 bridgehead atoms. The number of nitrogens with one attached hydrogen (secondary N) is 1. The number of aryl methyl sites for hydroxylation is 1. The molecule has 0 unspecified atom stereocenters. The Balaban J connectivity index is 1.54. The van der Waals surface area contributed by atoms with Crippen molar-refractivity contribution >= 4 is 12.0 Å². The molecule has 1 aromatic heterocycles. The van der Waals surface area contributed by atoms with Crippen molar-refractivity contribution in [2.75, 3.05) is 7.11 Å². The van der Waals surface area contributed by atoms with Gasteiger partial charge in [-0.15, -0.1) is 0 Å². The molecule has 0 aliphatic heterocycles. The zero-order valence-electron chi connectivity index (χ0n) is 17.3. The van der Waals surface area contributed by atoms with E-state index in [9.17, 15) is 9.90 Å². The van der Waals surface area contributed by atoms with Crippen molar-refractivity contribution in [2.45, 2.75) is 32.4 Å². The molecule has 1 heterocycles. The van der Waals surface area contributed by atoms with E-state index >= 15 is 0 Å². The van der Waals surface area contributed by atoms with Crippen molar-refractivity contribution < 1.29 is 14.6 Å². The molecule has 2 N–H and O–H groups in total. The molecule has 2 aromatic carbocycles. The molecule has 0 fully saturated rings. The summed E-state index contributed by atoms with van der Waals surface area (Å²) in [7, 11) is 1.62. The van der Waals surface area contributed by atoms with Crippen molar-refractivity contribution in [1.82, 2.24) is 14.9 Å². The number of aliphatic hydroxyl groups excluding tert-OH is 1. The van der Waals surface area contributed by atoms with Gasteiger partial charge in [0, 0.05) is 18.2 Å². The third-order valence-electron chi connectivity index (χ3n) is 5.43. The van der Waals surface area contributed by atoms with E-state index in [-0.39, 0.29) is 5.91 Å². The van der Waals surface area contributed by atoms with Gasteiger partial charge < -0.3 is 19.7 Å². The molecular formula is C24H25N3O3. The zero-order valence-corrected chi connectivity index (χ0v) is 17.3. The molecule has 1 amide bonds. The summed E-state index contributed by atoms with van der Waals surface area (Å²) in [4.78, 5) is 17.0. The Morgan fingerprint density at radius 2 is 2.10 bits per heavy atom. The SMILES string of the molecule is COc1cc(/C=C(\C)C(=O)N[C@@H]2c3ccccc3C[C@@H]2O)ccc1-n1cnc(C)c1. The van der Waals surface area contributed by atoms with Gasteiger partial charge in [0.25, 0.3) is 0 Å². The van der Waals surface area contributed by atoms with Crippen LogP contribution in [0.3, 0.4) is 0 Å². The minimum absolute atomic E-state index is 0.205. The van der Waals surface area contributed by atoms with Gasteiger partial charge in [-0.25, -0.2) is 4.98 Å². The van der Waals surface area contributed by atoms with Crippen LogP contribution in [0.2, 0.25) is 0 Å². The van der Waals surface area contributed by atoms with Crippen LogP contribution in [0.15, 0.2) is 60.6 Å². The van der Waals surface area contributed by atoms with Crippen LogP contribution in [-0.2, 0) is 11.2 Å². The van der Waals surface area contributed by atoms with E-state index in [2.05, 4.69) is 10.3 Å². The van der Waals surface area contributed by atoms with Crippen LogP contribution in [0.4, 0.5) is 0 Å². The van der Waals surface area contributed by atoms with Crippen molar-refractivity contribution in [3.05, 3.63) is 82.9 Å². The number of hydrogen-bond acceptors (Lipinski definition) is 4. The highest BCUT2D eigenvalue weighted by atomic mass is 16.5. The number of imidazole rings is 1. The highest BCUT2D eigenvalue weighted by molar-refractivity contribution is 5.97. The Kier molecular flexibility index (Phi) is 5.42. The molecule has 30 heavy (non-hydrogen) atoms. The van der Waals surface area contributed by atoms with Crippen molar-refractivity contribution in [3.63, 3.8) is 0 Å². The second-order valence-electron chi connectivity index (χ2n) is 7.60. The fourth-order valence-electron chi connectivity index (χ4n) is 3.87. The van der Waals surface area contributed by atoms with E-state index in [4.69, 9.17) is 4.74 Å². The maximum Gasteiger partial charge on any atom is 0.247 e. The molecule has 0 saturated heterocycles. The van der Waals surface area contributed by atoms with Crippen LogP contribution in [0, 0.1) is 6.92 Å². The normalized spacial score (nSPS) is 18.2. The maximum absolute atomic E-state index is 12.8. The first kappa shape index (κ1) is 19.9. The number of nitrogens with zero attached hydrogens (tertiary/aromatic N) is 2. The Bertz CT molecular complexity index is 1120. The Morgan fingerprint density at radius 1 is 1.30 bits per heavy atom. The van der Waals surface area contributed by atoms with Gasteiger partial charge in [0.2, 0.25) is 5.91 Å². The first-order chi connectivity index (χ1) is 14.5. The monoisotopic (exact) mass is 403 g/mol. The average Bonchev–Trinajstić information content (AvgIpc) is 3.31. The standard InChI is InChI=1S/C24H25N3O3/c1-15(24(29)26-23-19-7-5-4-6-18(19)12-21(23)28)10-17-8-9-20(22(11-17)30-3)27-13-16(2)25-14-27/h4-11,13-14,21,23,28H,12H2,1-3H3,(H,26,29)/b15-10+/t21-,23+/m0/s1. The Morgan fingerprint density at radius 3 is 2.83 bits per heavy atom. The maximum atomic E-state index is 12.8. The smallest absolute Gasteiger partial charge is 0.247 e. The first-order valence-electron chi connectivity index (χ1n) is 9.90. The number of fused-ring (bicyclic) bond motifs is 1. The molecule has 1 aliphatic carbocycles. The van der Waals surface area contributed by atoms with Crippen LogP contribution < -0.4 is 10.1 Å². The minimum atomic E-state index is -0.614. The van der Waals surface area contributed by atoms with Gasteiger partial charge in [-0.05, 0) is 48.7 Å². The van der Waals surface area contributed by atoms with E-state index in [0.717, 1.165) is 28.1 Å². The van der Waals surface area contributed by atoms with Gasteiger partial charge in [0.05, 0.1) is 37.0 Å². The molecule has 0 radical (unpaired) electrons. The number of amides is 1. The fourth-order valence-corrected chi connectivity index (χ4v) is 3.87. The minimum Gasteiger partial charge on any atom is -0.495 e. The summed E-state index contributed by atoms with van der Waals surface area (Å²) < 4.78 is 7.44. The second-order valence-corrected chi connectivity index (χ2v) is 7.60. The molecule has 154 valence electrons. The predicted molar refractivity (Wildman–Crippen MR) is 116 cm³/mol. The van der Waals surface area contributed by atoms with Crippen LogP contribution in [0.1, 0.15) is 35.3 Å². The van der Waals surface area contributed by atoms with Gasteiger partial charge in [-0.1, -0.05) is 30.3 Å². The van der Waals surface area contributed by atoms with Crippen molar-refractivity contribution in [1.29, 1.82) is 0 Å². The van der Waals surface area contributed by atoms with E-state index in [1.165, 1.54) is 0 Å². The summed E-state index contributed by atoms with van der Waals surface area (Å²) in [6, 6.07) is 13.2. The quantitative estimate of drug-likeness (QED) is 0.641. The summed E-state index contributed by atoms with van der Waals surface area (Å²) in [5, 5.41) is 13.4. The lowest BCUT2D eigenvalue weighted by Crippen LogP contribution is -2.34. The van der Waals surface area contributed by atoms with Gasteiger partial charge in [0.1, 0.15) is 5.75 Å². The van der Waals surface area contributed by atoms with E-state index in [1.807, 2.05) is 66.2 Å². The molecule has 2 atom stereocenters. The lowest BCUT2D eigenvalue weighted by molar-refractivity contribution is -0.118. The molecule has 4 rings (SSSR count). The number of aliphatic hydroxyl groups is 1. The summed E-state index contributed by atoms with van der Waals surface area (Å²) in [6.45, 7) is 3.70. The number of carbonyl (C=O) groups is 1. The van der Waals surface area contributed by atoms with Gasteiger partial charge >= 0.3 is 0 Å². The number of carbonyl (C=O) groups excluding carboxylic acids is 1. The van der Waals surface area contributed by atoms with Crippen LogP contribution in [0.25, 0.3) is 11.8 Å². The third kappa shape index (κ3) is 3.86. The molecule has 1 aliphatic rings. The largest absolute Gasteiger partial charge is 0.495 e. The van der Waals surface area contributed by atoms with Crippen LogP contribution in [0.5, 0.6) is 5.75 Å². The lowest BCUT2D eigenvalue weighted by Gasteiger charge is -2.18. The Labute approximate surface area is 175 Å². The molecule has 0 saturated carbocycles. The number of methoxy groups -OCH3 is 1. The highest BCUT2D eigenvalue weighted by Crippen LogP contribution is 2.31. The van der Waals surface area contributed by atoms with E-state index < -0.39 is 12.1 Å². The highest BCUT2D eigenvalue weighted by Gasteiger charge is 2.31. The average molecular weight is 403 g/mol. The molecule has 6 heteroatoms. The third-order valence-corrected chi connectivity index (χ3v) is 5.43. The summed E-state index contributed by atoms with van der Waals surface area (Å²) in [5.41, 5.74) is 5.26. The number of benzene rings is 2. The Hall–Kier alpha value is -3.38. The second kappa shape index (κ2) is 8.16. The molecular weight excluding hydrogens is 378 g/mol. The molecule has 0 spiro atoms. The van der Waals surface area contributed by atoms with Crippen molar-refractivity contribution in [2.24, 2.45) is 0 Å². The van der Waals surface area contributed by atoms with Gasteiger partial charge in [-0.2, -0.15) is 0 Å². The van der Waals surface area contributed by atoms with Gasteiger partial charge in [-0.3, -0.25) is 4.79 Å². The first-order valence-corrected chi connectivity index (χ1v) is 9.90. The van der Waals surface area contributed by atoms with Gasteiger partial charge in [0.15, 0.2) is 0 Å². The van der Waals surface area contributed by atoms with Crippen LogP contribution >= 0.6 is 0 Å². The number of rotatable bonds is 5. The summed E-state index contributed by atoms with van der Waals surface area (Å²) >= 11 is 0. The number of aromatic nitrogens is 2. The zero-order chi connectivity index (χ0) is 21.3. The van der Waals surface area contributed by atoms with E-state index in [0.29, 0.717) is 17.7 Å². The number of hydrogen-bond donors (Lipinski definition) is 2. The topological polar surface area (TPSA) is 76.4 Å². The molecule has 3 aromatic rings. The summed E-state index contributed by atoms with van der Waals surface area (Å²) in [6.07, 6.45) is 5.42. The van der Waals surface area contributed by atoms with Crippen molar-refractivity contribution in [3.8, 4) is 11.4 Å². The van der Waals surface area contributed by atoms with Crippen LogP contribution in [-0.4, -0.2) is 33.8 Å². The fraction of sp³-hybridized carbons (Fsp3) is 0.250. The number of ether oxygens (including phenoxy) is 1. The predicted octanol–water partition coefficient (Wildman–Crippen LogP) is 3.37. The molecule has 6 nitrogen and oxygen atoms in total. The van der Waals surface area contributed by atoms with E-state index in [1.54, 1.807) is 20.4 Å². The lowest BCUT2D eigenvalue weighted by atomic mass is 10.1. The summed E-state index contributed by atoms with van der Waals surface area (Å²) in [5.74, 6) is 0.485.